The van der Waals surface area contributed by atoms with Crippen molar-refractivity contribution >= 4 is 35.0 Å². The van der Waals surface area contributed by atoms with Gasteiger partial charge in [0.1, 0.15) is 0 Å². The third kappa shape index (κ3) is 5.00. The number of nitrogens with zero attached hydrogens (tertiary/aromatic N) is 1. The van der Waals surface area contributed by atoms with Gasteiger partial charge < -0.3 is 10.4 Å². The third-order valence-electron chi connectivity index (χ3n) is 3.22. The summed E-state index contributed by atoms with van der Waals surface area (Å²) >= 11 is 7.50. The van der Waals surface area contributed by atoms with Crippen molar-refractivity contribution in [2.45, 2.75) is 35.9 Å². The van der Waals surface area contributed by atoms with Crippen molar-refractivity contribution in [1.29, 1.82) is 0 Å². The zero-order valence-electron chi connectivity index (χ0n) is 13.0. The predicted molar refractivity (Wildman–Crippen MR) is 85.8 cm³/mol. The number of benzene rings is 1. The molecule has 0 bridgehead atoms. The Hall–Kier alpha value is -0.960. The highest BCUT2D eigenvalue weighted by Gasteiger charge is 2.55. The first kappa shape index (κ1) is 20.1. The minimum atomic E-state index is -5.08. The molecular formula is C14H18ClF3N2O2S. The highest BCUT2D eigenvalue weighted by molar-refractivity contribution is 7.99. The summed E-state index contributed by atoms with van der Waals surface area (Å²) in [6.07, 6.45) is -5.08. The highest BCUT2D eigenvalue weighted by atomic mass is 35.5. The molecule has 0 radical (unpaired) electrons. The van der Waals surface area contributed by atoms with Crippen LogP contribution in [0.4, 0.5) is 18.9 Å². The molecule has 1 aromatic carbocycles. The van der Waals surface area contributed by atoms with Crippen molar-refractivity contribution in [3.05, 3.63) is 23.2 Å². The number of aliphatic hydroxyl groups is 1. The molecule has 0 aromatic heterocycles. The lowest BCUT2D eigenvalue weighted by Gasteiger charge is -2.25. The maximum absolute atomic E-state index is 12.6. The van der Waals surface area contributed by atoms with Crippen LogP contribution in [0.1, 0.15) is 13.8 Å². The van der Waals surface area contributed by atoms with Gasteiger partial charge in [-0.1, -0.05) is 11.6 Å². The molecule has 9 heteroatoms. The number of carbonyl (C=O) groups excluding carboxylic acids is 1. The minimum absolute atomic E-state index is 0.00282. The Labute approximate surface area is 142 Å². The first-order valence-corrected chi connectivity index (χ1v) is 7.85. The zero-order valence-corrected chi connectivity index (χ0v) is 14.6. The van der Waals surface area contributed by atoms with E-state index in [4.69, 9.17) is 11.6 Å². The Kier molecular flexibility index (Phi) is 6.37. The van der Waals surface area contributed by atoms with Crippen LogP contribution in [0.25, 0.3) is 0 Å². The fourth-order valence-electron chi connectivity index (χ4n) is 1.35. The fraction of sp³-hybridized carbons (Fsp3) is 0.500. The lowest BCUT2D eigenvalue weighted by molar-refractivity contribution is -0.242. The molecule has 2 atom stereocenters. The molecular weight excluding hydrogens is 353 g/mol. The van der Waals surface area contributed by atoms with Crippen LogP contribution in [-0.4, -0.2) is 47.2 Å². The van der Waals surface area contributed by atoms with Gasteiger partial charge >= 0.3 is 6.18 Å². The second kappa shape index (κ2) is 7.29. The van der Waals surface area contributed by atoms with E-state index in [1.807, 2.05) is 31.2 Å². The Morgan fingerprint density at radius 3 is 2.39 bits per heavy atom. The molecule has 0 saturated carbocycles. The van der Waals surface area contributed by atoms with Crippen molar-refractivity contribution < 1.29 is 23.1 Å². The van der Waals surface area contributed by atoms with Gasteiger partial charge in [0.2, 0.25) is 5.60 Å². The van der Waals surface area contributed by atoms with E-state index in [1.54, 1.807) is 12.1 Å². The summed E-state index contributed by atoms with van der Waals surface area (Å²) < 4.78 is 37.9. The van der Waals surface area contributed by atoms with Gasteiger partial charge in [-0.2, -0.15) is 13.2 Å². The van der Waals surface area contributed by atoms with Crippen molar-refractivity contribution in [3.8, 4) is 0 Å². The summed E-state index contributed by atoms with van der Waals surface area (Å²) in [5.74, 6) is -1.59. The van der Waals surface area contributed by atoms with E-state index < -0.39 is 17.7 Å². The van der Waals surface area contributed by atoms with Crippen molar-refractivity contribution in [2.75, 3.05) is 19.4 Å². The molecule has 1 amide bonds. The largest absolute Gasteiger partial charge is 0.426 e. The summed E-state index contributed by atoms with van der Waals surface area (Å²) in [4.78, 5) is 14.4. The summed E-state index contributed by atoms with van der Waals surface area (Å²) in [5, 5.41) is 11.6. The summed E-state index contributed by atoms with van der Waals surface area (Å²) in [5.41, 5.74) is -3.49. The van der Waals surface area contributed by atoms with Gasteiger partial charge in [-0.3, -0.25) is 9.69 Å². The molecule has 0 aliphatic heterocycles. The SMILES string of the molecule is CC(Sc1ccc(NC(=O)[C@@](C)(O)C(F)(F)F)c(Cl)c1)N(C)C. The van der Waals surface area contributed by atoms with Gasteiger partial charge in [0, 0.05) is 4.90 Å². The molecule has 0 aliphatic carbocycles. The molecule has 130 valence electrons. The van der Waals surface area contributed by atoms with Gasteiger partial charge in [-0.25, -0.2) is 0 Å². The number of alkyl halides is 3. The lowest BCUT2D eigenvalue weighted by atomic mass is 10.1. The molecule has 2 N–H and O–H groups in total. The number of amides is 1. The van der Waals surface area contributed by atoms with Crippen LogP contribution in [0, 0.1) is 0 Å². The number of rotatable bonds is 5. The van der Waals surface area contributed by atoms with Crippen molar-refractivity contribution in [2.24, 2.45) is 0 Å². The Morgan fingerprint density at radius 2 is 1.96 bits per heavy atom. The number of carbonyl (C=O) groups is 1. The van der Waals surface area contributed by atoms with E-state index in [-0.39, 0.29) is 16.1 Å². The lowest BCUT2D eigenvalue weighted by Crippen LogP contribution is -2.52. The fourth-order valence-corrected chi connectivity index (χ4v) is 2.58. The first-order chi connectivity index (χ1) is 10.4. The van der Waals surface area contributed by atoms with E-state index in [9.17, 15) is 23.1 Å². The van der Waals surface area contributed by atoms with Crippen LogP contribution in [0.15, 0.2) is 23.1 Å². The summed E-state index contributed by atoms with van der Waals surface area (Å²) in [6, 6.07) is 4.58. The molecule has 0 spiro atoms. The third-order valence-corrected chi connectivity index (χ3v) is 4.82. The van der Waals surface area contributed by atoms with Crippen molar-refractivity contribution in [1.82, 2.24) is 4.90 Å². The Bertz CT molecular complexity index is 580. The molecule has 1 aromatic rings. The second-order valence-electron chi connectivity index (χ2n) is 5.35. The Morgan fingerprint density at radius 1 is 1.39 bits per heavy atom. The monoisotopic (exact) mass is 370 g/mol. The molecule has 23 heavy (non-hydrogen) atoms. The van der Waals surface area contributed by atoms with Gasteiger partial charge in [0.05, 0.1) is 16.1 Å². The van der Waals surface area contributed by atoms with E-state index >= 15 is 0 Å². The Balaban J connectivity index is 2.90. The molecule has 4 nitrogen and oxygen atoms in total. The molecule has 0 aliphatic rings. The second-order valence-corrected chi connectivity index (χ2v) is 7.14. The number of hydrogen-bond donors (Lipinski definition) is 2. The standard InChI is InChI=1S/C14H18ClF3N2O2S/c1-8(20(3)4)23-9-5-6-11(10(15)7-9)19-12(21)13(2,22)14(16,17)18/h5-8,22H,1-4H3,(H,19,21)/t8?,13-/m1/s1. The van der Waals surface area contributed by atoms with Crippen molar-refractivity contribution in [3.63, 3.8) is 0 Å². The van der Waals surface area contributed by atoms with Crippen LogP contribution in [-0.2, 0) is 4.79 Å². The molecule has 1 unspecified atom stereocenters. The van der Waals surface area contributed by atoms with E-state index in [0.29, 0.717) is 6.92 Å². The van der Waals surface area contributed by atoms with Crippen LogP contribution in [0.5, 0.6) is 0 Å². The number of hydrogen-bond acceptors (Lipinski definition) is 4. The predicted octanol–water partition coefficient (Wildman–Crippen LogP) is 3.59. The molecule has 0 fully saturated rings. The minimum Gasteiger partial charge on any atom is -0.373 e. The average molecular weight is 371 g/mol. The van der Waals surface area contributed by atoms with E-state index in [1.165, 1.54) is 17.8 Å². The van der Waals surface area contributed by atoms with Crippen LogP contribution in [0.3, 0.4) is 0 Å². The van der Waals surface area contributed by atoms with Crippen LogP contribution in [0.2, 0.25) is 5.02 Å². The van der Waals surface area contributed by atoms with Crippen LogP contribution < -0.4 is 5.32 Å². The number of thioether (sulfide) groups is 1. The first-order valence-electron chi connectivity index (χ1n) is 6.59. The van der Waals surface area contributed by atoms with Gasteiger partial charge in [-0.15, -0.1) is 11.8 Å². The maximum Gasteiger partial charge on any atom is 0.426 e. The number of nitrogens with one attached hydrogen (secondary N) is 1. The molecule has 0 saturated heterocycles. The van der Waals surface area contributed by atoms with Gasteiger partial charge in [0.15, 0.2) is 0 Å². The van der Waals surface area contributed by atoms with E-state index in [0.717, 1.165) is 4.90 Å². The van der Waals surface area contributed by atoms with Gasteiger partial charge in [-0.05, 0) is 46.1 Å². The summed E-state index contributed by atoms with van der Waals surface area (Å²) in [7, 11) is 3.82. The number of anilines is 1. The molecule has 0 heterocycles. The number of halogens is 4. The highest BCUT2D eigenvalue weighted by Crippen LogP contribution is 2.34. The average Bonchev–Trinajstić information content (AvgIpc) is 2.40. The smallest absolute Gasteiger partial charge is 0.373 e. The maximum atomic E-state index is 12.6. The van der Waals surface area contributed by atoms with E-state index in [2.05, 4.69) is 0 Å². The normalized spacial score (nSPS) is 16.1. The van der Waals surface area contributed by atoms with Gasteiger partial charge in [0.25, 0.3) is 5.91 Å². The zero-order chi connectivity index (χ0) is 18.0. The topological polar surface area (TPSA) is 52.6 Å². The quantitative estimate of drug-likeness (QED) is 0.614. The summed E-state index contributed by atoms with van der Waals surface area (Å²) in [6.45, 7) is 2.37. The van der Waals surface area contributed by atoms with Crippen LogP contribution >= 0.6 is 23.4 Å². The molecule has 1 rings (SSSR count).